The monoisotopic (exact) mass is 238 g/mol. The van der Waals surface area contributed by atoms with Crippen LogP contribution in [0.3, 0.4) is 0 Å². The molecule has 3 nitrogen and oxygen atoms in total. The van der Waals surface area contributed by atoms with E-state index in [2.05, 4.69) is 0 Å². The van der Waals surface area contributed by atoms with Gasteiger partial charge in [-0.25, -0.2) is 4.39 Å². The molecule has 0 aliphatic heterocycles. The normalized spacial score (nSPS) is 10.6. The minimum absolute atomic E-state index is 0.0102. The first-order valence-corrected chi connectivity index (χ1v) is 5.83. The molecule has 2 N–H and O–H groups in total. The molecule has 1 aromatic carbocycles. The summed E-state index contributed by atoms with van der Waals surface area (Å²) in [4.78, 5) is 13.9. The average molecular weight is 238 g/mol. The Kier molecular flexibility index (Phi) is 4.49. The molecule has 0 atom stereocenters. The molecule has 0 bridgehead atoms. The predicted molar refractivity (Wildman–Crippen MR) is 67.3 cm³/mol. The summed E-state index contributed by atoms with van der Waals surface area (Å²) in [5, 5.41) is 0. The van der Waals surface area contributed by atoms with Gasteiger partial charge < -0.3 is 10.6 Å². The van der Waals surface area contributed by atoms with Crippen LogP contribution >= 0.6 is 0 Å². The number of anilines is 1. The van der Waals surface area contributed by atoms with Gasteiger partial charge >= 0.3 is 0 Å². The summed E-state index contributed by atoms with van der Waals surface area (Å²) in [5.74, 6) is -0.596. The summed E-state index contributed by atoms with van der Waals surface area (Å²) >= 11 is 0. The van der Waals surface area contributed by atoms with Crippen LogP contribution in [0.25, 0.3) is 0 Å². The van der Waals surface area contributed by atoms with E-state index in [4.69, 9.17) is 5.73 Å². The van der Waals surface area contributed by atoms with E-state index in [1.165, 1.54) is 18.2 Å². The van der Waals surface area contributed by atoms with E-state index in [-0.39, 0.29) is 17.6 Å². The van der Waals surface area contributed by atoms with Crippen molar-refractivity contribution in [1.29, 1.82) is 0 Å². The summed E-state index contributed by atoms with van der Waals surface area (Å²) in [5.41, 5.74) is 5.91. The molecule has 0 radical (unpaired) electrons. The number of nitrogens with zero attached hydrogens (tertiary/aromatic N) is 1. The second-order valence-electron chi connectivity index (χ2n) is 4.33. The summed E-state index contributed by atoms with van der Waals surface area (Å²) in [7, 11) is 0. The van der Waals surface area contributed by atoms with Crippen molar-refractivity contribution in [2.45, 2.75) is 33.2 Å². The zero-order valence-corrected chi connectivity index (χ0v) is 10.5. The first kappa shape index (κ1) is 13.5. The van der Waals surface area contributed by atoms with Gasteiger partial charge in [0.2, 0.25) is 0 Å². The third-order valence-electron chi connectivity index (χ3n) is 2.59. The Morgan fingerprint density at radius 1 is 1.47 bits per heavy atom. The van der Waals surface area contributed by atoms with Crippen LogP contribution < -0.4 is 5.73 Å². The number of halogens is 1. The minimum atomic E-state index is -0.492. The van der Waals surface area contributed by atoms with Gasteiger partial charge in [0.15, 0.2) is 0 Å². The summed E-state index contributed by atoms with van der Waals surface area (Å²) in [6.07, 6.45) is 0.889. The van der Waals surface area contributed by atoms with Gasteiger partial charge in [-0.15, -0.1) is 0 Å². The Bertz CT molecular complexity index is 404. The molecule has 1 aromatic rings. The molecular weight excluding hydrogens is 219 g/mol. The van der Waals surface area contributed by atoms with Crippen molar-refractivity contribution in [2.24, 2.45) is 0 Å². The van der Waals surface area contributed by atoms with Gasteiger partial charge in [-0.05, 0) is 38.5 Å². The second kappa shape index (κ2) is 5.66. The van der Waals surface area contributed by atoms with Crippen LogP contribution in [0, 0.1) is 5.82 Å². The van der Waals surface area contributed by atoms with Crippen molar-refractivity contribution in [3.8, 4) is 0 Å². The number of nitrogen functional groups attached to an aromatic ring is 1. The highest BCUT2D eigenvalue weighted by Crippen LogP contribution is 2.15. The van der Waals surface area contributed by atoms with Crippen LogP contribution in [0.2, 0.25) is 0 Å². The maximum Gasteiger partial charge on any atom is 0.254 e. The SMILES string of the molecule is CCCN(C(=O)c1ccc(F)c(N)c1)C(C)C. The number of hydrogen-bond donors (Lipinski definition) is 1. The van der Waals surface area contributed by atoms with Crippen molar-refractivity contribution >= 4 is 11.6 Å². The Balaban J connectivity index is 2.97. The lowest BCUT2D eigenvalue weighted by atomic mass is 10.1. The molecule has 0 spiro atoms. The van der Waals surface area contributed by atoms with Crippen molar-refractivity contribution < 1.29 is 9.18 Å². The minimum Gasteiger partial charge on any atom is -0.396 e. The first-order chi connectivity index (χ1) is 7.97. The second-order valence-corrected chi connectivity index (χ2v) is 4.33. The Morgan fingerprint density at radius 3 is 2.59 bits per heavy atom. The number of carbonyl (C=O) groups is 1. The standard InChI is InChI=1S/C13H19FN2O/c1-4-7-16(9(2)3)13(17)10-5-6-11(14)12(15)8-10/h5-6,8-9H,4,7,15H2,1-3H3. The van der Waals surface area contributed by atoms with E-state index in [1.54, 1.807) is 4.90 Å². The molecule has 4 heteroatoms. The highest BCUT2D eigenvalue weighted by molar-refractivity contribution is 5.95. The molecule has 0 fully saturated rings. The molecule has 1 rings (SSSR count). The lowest BCUT2D eigenvalue weighted by Crippen LogP contribution is -2.37. The van der Waals surface area contributed by atoms with Crippen LogP contribution in [0.4, 0.5) is 10.1 Å². The predicted octanol–water partition coefficient (Wildman–Crippen LogP) is 2.67. The molecular formula is C13H19FN2O. The van der Waals surface area contributed by atoms with E-state index in [0.29, 0.717) is 12.1 Å². The van der Waals surface area contributed by atoms with Crippen molar-refractivity contribution in [2.75, 3.05) is 12.3 Å². The Labute approximate surface area is 101 Å². The number of amides is 1. The van der Waals surface area contributed by atoms with E-state index >= 15 is 0 Å². The fourth-order valence-corrected chi connectivity index (χ4v) is 1.68. The van der Waals surface area contributed by atoms with Crippen LogP contribution in [0.1, 0.15) is 37.6 Å². The van der Waals surface area contributed by atoms with Crippen LogP contribution in [0.5, 0.6) is 0 Å². The van der Waals surface area contributed by atoms with Crippen molar-refractivity contribution in [3.05, 3.63) is 29.6 Å². The summed E-state index contributed by atoms with van der Waals surface area (Å²) in [6, 6.07) is 4.21. The molecule has 0 unspecified atom stereocenters. The average Bonchev–Trinajstić information content (AvgIpc) is 2.28. The quantitative estimate of drug-likeness (QED) is 0.820. The zero-order valence-electron chi connectivity index (χ0n) is 10.5. The maximum atomic E-state index is 13.0. The van der Waals surface area contributed by atoms with Gasteiger partial charge in [-0.1, -0.05) is 6.92 Å². The summed E-state index contributed by atoms with van der Waals surface area (Å²) < 4.78 is 13.0. The molecule has 0 aromatic heterocycles. The van der Waals surface area contributed by atoms with Crippen molar-refractivity contribution in [1.82, 2.24) is 4.90 Å². The lowest BCUT2D eigenvalue weighted by Gasteiger charge is -2.26. The third kappa shape index (κ3) is 3.19. The first-order valence-electron chi connectivity index (χ1n) is 5.83. The highest BCUT2D eigenvalue weighted by Gasteiger charge is 2.18. The number of nitrogens with two attached hydrogens (primary N) is 1. The van der Waals surface area contributed by atoms with Gasteiger partial charge in [0.1, 0.15) is 5.82 Å². The molecule has 0 aliphatic rings. The highest BCUT2D eigenvalue weighted by atomic mass is 19.1. The molecule has 0 saturated carbocycles. The van der Waals surface area contributed by atoms with E-state index in [1.807, 2.05) is 20.8 Å². The maximum absolute atomic E-state index is 13.0. The molecule has 0 heterocycles. The molecule has 1 amide bonds. The lowest BCUT2D eigenvalue weighted by molar-refractivity contribution is 0.0706. The fourth-order valence-electron chi connectivity index (χ4n) is 1.68. The van der Waals surface area contributed by atoms with Crippen LogP contribution in [-0.2, 0) is 0 Å². The van der Waals surface area contributed by atoms with Gasteiger partial charge in [0.25, 0.3) is 5.91 Å². The number of carbonyl (C=O) groups excluding carboxylic acids is 1. The molecule has 0 aliphatic carbocycles. The number of hydrogen-bond acceptors (Lipinski definition) is 2. The molecule has 94 valence electrons. The van der Waals surface area contributed by atoms with Gasteiger partial charge in [0.05, 0.1) is 5.69 Å². The van der Waals surface area contributed by atoms with E-state index in [0.717, 1.165) is 6.42 Å². The van der Waals surface area contributed by atoms with Gasteiger partial charge in [-0.3, -0.25) is 4.79 Å². The van der Waals surface area contributed by atoms with E-state index < -0.39 is 5.82 Å². The number of rotatable bonds is 4. The van der Waals surface area contributed by atoms with Crippen LogP contribution in [0.15, 0.2) is 18.2 Å². The van der Waals surface area contributed by atoms with Gasteiger partial charge in [0, 0.05) is 18.2 Å². The Hall–Kier alpha value is -1.58. The fraction of sp³-hybridized carbons (Fsp3) is 0.462. The van der Waals surface area contributed by atoms with E-state index in [9.17, 15) is 9.18 Å². The smallest absolute Gasteiger partial charge is 0.254 e. The number of benzene rings is 1. The zero-order chi connectivity index (χ0) is 13.0. The summed E-state index contributed by atoms with van der Waals surface area (Å²) in [6.45, 7) is 6.62. The third-order valence-corrected chi connectivity index (χ3v) is 2.59. The Morgan fingerprint density at radius 2 is 2.12 bits per heavy atom. The van der Waals surface area contributed by atoms with Crippen LogP contribution in [-0.4, -0.2) is 23.4 Å². The molecule has 0 saturated heterocycles. The largest absolute Gasteiger partial charge is 0.396 e. The van der Waals surface area contributed by atoms with Crippen molar-refractivity contribution in [3.63, 3.8) is 0 Å². The molecule has 17 heavy (non-hydrogen) atoms. The topological polar surface area (TPSA) is 46.3 Å². The van der Waals surface area contributed by atoms with Gasteiger partial charge in [-0.2, -0.15) is 0 Å².